The fourth-order valence-corrected chi connectivity index (χ4v) is 1.20. The van der Waals surface area contributed by atoms with E-state index in [9.17, 15) is 0 Å². The lowest BCUT2D eigenvalue weighted by Gasteiger charge is -1.99. The SMILES string of the molecule is Cc1ccc(Cl)nc1-c1nnc(N)o1. The van der Waals surface area contributed by atoms with Gasteiger partial charge < -0.3 is 10.2 Å². The van der Waals surface area contributed by atoms with Crippen LogP contribution in [0.2, 0.25) is 5.15 Å². The Balaban J connectivity index is 2.55. The van der Waals surface area contributed by atoms with Gasteiger partial charge in [0, 0.05) is 0 Å². The molecule has 2 aromatic rings. The van der Waals surface area contributed by atoms with Crippen LogP contribution in [0.4, 0.5) is 6.01 Å². The largest absolute Gasteiger partial charge is 0.402 e. The highest BCUT2D eigenvalue weighted by Gasteiger charge is 2.11. The van der Waals surface area contributed by atoms with E-state index in [1.807, 2.05) is 13.0 Å². The van der Waals surface area contributed by atoms with Crippen molar-refractivity contribution >= 4 is 17.6 Å². The minimum atomic E-state index is 0.0150. The second kappa shape index (κ2) is 3.26. The number of halogens is 1. The van der Waals surface area contributed by atoms with Crippen molar-refractivity contribution in [3.8, 4) is 11.6 Å². The molecular weight excluding hydrogens is 204 g/mol. The molecule has 0 fully saturated rings. The first-order chi connectivity index (χ1) is 6.66. The van der Waals surface area contributed by atoms with Gasteiger partial charge in [0.2, 0.25) is 0 Å². The third-order valence-electron chi connectivity index (χ3n) is 1.71. The van der Waals surface area contributed by atoms with Gasteiger partial charge in [0.05, 0.1) is 0 Å². The first-order valence-corrected chi connectivity index (χ1v) is 4.27. The van der Waals surface area contributed by atoms with Crippen LogP contribution in [-0.2, 0) is 0 Å². The number of nitrogens with two attached hydrogens (primary N) is 1. The minimum absolute atomic E-state index is 0.0150. The van der Waals surface area contributed by atoms with Gasteiger partial charge in [-0.05, 0) is 18.6 Å². The van der Waals surface area contributed by atoms with E-state index in [1.165, 1.54) is 0 Å². The summed E-state index contributed by atoms with van der Waals surface area (Å²) in [6.45, 7) is 1.87. The van der Waals surface area contributed by atoms with Crippen molar-refractivity contribution in [1.29, 1.82) is 0 Å². The van der Waals surface area contributed by atoms with E-state index in [-0.39, 0.29) is 11.9 Å². The standard InChI is InChI=1S/C8H7ClN4O/c1-4-2-3-5(9)11-6(4)7-12-13-8(10)14-7/h2-3H,1H3,(H2,10,13). The molecule has 0 aliphatic carbocycles. The zero-order valence-corrected chi connectivity index (χ0v) is 8.12. The molecule has 14 heavy (non-hydrogen) atoms. The molecule has 0 atom stereocenters. The third kappa shape index (κ3) is 1.54. The predicted octanol–water partition coefficient (Wildman–Crippen LogP) is 1.68. The van der Waals surface area contributed by atoms with Crippen LogP contribution in [0.15, 0.2) is 16.5 Å². The van der Waals surface area contributed by atoms with Crippen LogP contribution < -0.4 is 5.73 Å². The summed E-state index contributed by atoms with van der Waals surface area (Å²) in [5.74, 6) is 0.280. The molecule has 0 radical (unpaired) electrons. The van der Waals surface area contributed by atoms with Gasteiger partial charge in [-0.15, -0.1) is 5.10 Å². The van der Waals surface area contributed by atoms with Crippen LogP contribution in [0.1, 0.15) is 5.56 Å². The van der Waals surface area contributed by atoms with Crippen molar-refractivity contribution in [2.75, 3.05) is 5.73 Å². The molecular formula is C8H7ClN4O. The highest BCUT2D eigenvalue weighted by molar-refractivity contribution is 6.29. The van der Waals surface area contributed by atoms with Crippen LogP contribution >= 0.6 is 11.6 Å². The topological polar surface area (TPSA) is 77.8 Å². The second-order valence-electron chi connectivity index (χ2n) is 2.74. The van der Waals surface area contributed by atoms with Crippen LogP contribution in [0.5, 0.6) is 0 Å². The Morgan fingerprint density at radius 3 is 2.79 bits per heavy atom. The molecule has 2 rings (SSSR count). The zero-order valence-electron chi connectivity index (χ0n) is 7.36. The lowest BCUT2D eigenvalue weighted by molar-refractivity contribution is 0.587. The van der Waals surface area contributed by atoms with Gasteiger partial charge in [-0.2, -0.15) is 0 Å². The molecule has 6 heteroatoms. The molecule has 0 aliphatic rings. The summed E-state index contributed by atoms with van der Waals surface area (Å²) >= 11 is 5.74. The van der Waals surface area contributed by atoms with Crippen molar-refractivity contribution in [2.24, 2.45) is 0 Å². The third-order valence-corrected chi connectivity index (χ3v) is 1.92. The molecule has 0 saturated heterocycles. The van der Waals surface area contributed by atoms with Crippen molar-refractivity contribution < 1.29 is 4.42 Å². The number of aromatic nitrogens is 3. The first-order valence-electron chi connectivity index (χ1n) is 3.89. The Labute approximate surface area is 84.9 Å². The van der Waals surface area contributed by atoms with Crippen molar-refractivity contribution in [2.45, 2.75) is 6.92 Å². The van der Waals surface area contributed by atoms with E-state index in [1.54, 1.807) is 6.07 Å². The smallest absolute Gasteiger partial charge is 0.313 e. The summed E-state index contributed by atoms with van der Waals surface area (Å²) < 4.78 is 5.04. The Bertz CT molecular complexity index is 468. The van der Waals surface area contributed by atoms with Crippen LogP contribution in [0.25, 0.3) is 11.6 Å². The molecule has 0 amide bonds. The van der Waals surface area contributed by atoms with Gasteiger partial charge in [-0.1, -0.05) is 22.8 Å². The average molecular weight is 211 g/mol. The summed E-state index contributed by atoms with van der Waals surface area (Å²) in [6, 6.07) is 3.53. The highest BCUT2D eigenvalue weighted by Crippen LogP contribution is 2.22. The normalized spacial score (nSPS) is 10.4. The van der Waals surface area contributed by atoms with Crippen LogP contribution in [0, 0.1) is 6.92 Å². The van der Waals surface area contributed by atoms with Crippen LogP contribution in [-0.4, -0.2) is 15.2 Å². The molecule has 5 nitrogen and oxygen atoms in total. The fourth-order valence-electron chi connectivity index (χ4n) is 1.05. The Morgan fingerprint density at radius 2 is 2.14 bits per heavy atom. The van der Waals surface area contributed by atoms with Gasteiger partial charge >= 0.3 is 6.01 Å². The van der Waals surface area contributed by atoms with Gasteiger partial charge in [-0.25, -0.2) is 4.98 Å². The van der Waals surface area contributed by atoms with E-state index in [2.05, 4.69) is 15.2 Å². The fraction of sp³-hybridized carbons (Fsp3) is 0.125. The summed E-state index contributed by atoms with van der Waals surface area (Å²) in [4.78, 5) is 4.07. The molecule has 0 aromatic carbocycles. The Hall–Kier alpha value is -1.62. The quantitative estimate of drug-likeness (QED) is 0.725. The summed E-state index contributed by atoms with van der Waals surface area (Å²) in [6.07, 6.45) is 0. The van der Waals surface area contributed by atoms with Crippen molar-refractivity contribution in [3.05, 3.63) is 22.8 Å². The molecule has 0 unspecified atom stereocenters. The first kappa shape index (κ1) is 8.96. The average Bonchev–Trinajstić information content (AvgIpc) is 2.56. The number of nitrogen functional groups attached to an aromatic ring is 1. The number of hydrogen-bond donors (Lipinski definition) is 1. The molecule has 72 valence electrons. The van der Waals surface area contributed by atoms with E-state index >= 15 is 0 Å². The van der Waals surface area contributed by atoms with E-state index in [0.29, 0.717) is 10.8 Å². The summed E-state index contributed by atoms with van der Waals surface area (Å²) in [5.41, 5.74) is 6.76. The number of aryl methyl sites for hydroxylation is 1. The molecule has 0 saturated carbocycles. The maximum atomic E-state index is 5.74. The Kier molecular flexibility index (Phi) is 2.09. The number of rotatable bonds is 1. The molecule has 0 aliphatic heterocycles. The lowest BCUT2D eigenvalue weighted by Crippen LogP contribution is -1.88. The summed E-state index contributed by atoms with van der Waals surface area (Å²) in [5, 5.41) is 7.64. The van der Waals surface area contributed by atoms with Crippen molar-refractivity contribution in [1.82, 2.24) is 15.2 Å². The summed E-state index contributed by atoms with van der Waals surface area (Å²) in [7, 11) is 0. The number of hydrogen-bond acceptors (Lipinski definition) is 5. The van der Waals surface area contributed by atoms with E-state index in [0.717, 1.165) is 5.56 Å². The number of anilines is 1. The molecule has 2 aromatic heterocycles. The number of nitrogens with zero attached hydrogens (tertiary/aromatic N) is 3. The van der Waals surface area contributed by atoms with Gasteiger partial charge in [0.1, 0.15) is 10.8 Å². The van der Waals surface area contributed by atoms with Crippen LogP contribution in [0.3, 0.4) is 0 Å². The molecule has 2 N–H and O–H groups in total. The molecule has 0 spiro atoms. The van der Waals surface area contributed by atoms with E-state index < -0.39 is 0 Å². The maximum absolute atomic E-state index is 5.74. The highest BCUT2D eigenvalue weighted by atomic mass is 35.5. The zero-order chi connectivity index (χ0) is 10.1. The maximum Gasteiger partial charge on any atom is 0.313 e. The second-order valence-corrected chi connectivity index (χ2v) is 3.13. The molecule has 0 bridgehead atoms. The molecule has 2 heterocycles. The van der Waals surface area contributed by atoms with Gasteiger partial charge in [0.15, 0.2) is 0 Å². The van der Waals surface area contributed by atoms with Gasteiger partial charge in [-0.3, -0.25) is 0 Å². The van der Waals surface area contributed by atoms with E-state index in [4.69, 9.17) is 21.8 Å². The minimum Gasteiger partial charge on any atom is -0.402 e. The van der Waals surface area contributed by atoms with Crippen molar-refractivity contribution in [3.63, 3.8) is 0 Å². The predicted molar refractivity (Wildman–Crippen MR) is 51.7 cm³/mol. The van der Waals surface area contributed by atoms with Gasteiger partial charge in [0.25, 0.3) is 5.89 Å². The Morgan fingerprint density at radius 1 is 1.36 bits per heavy atom. The monoisotopic (exact) mass is 210 g/mol. The number of pyridine rings is 1. The lowest BCUT2D eigenvalue weighted by atomic mass is 10.2.